The zero-order valence-corrected chi connectivity index (χ0v) is 13.6. The molecule has 1 aromatic carbocycles. The van der Waals surface area contributed by atoms with Gasteiger partial charge in [-0.05, 0) is 55.7 Å². The van der Waals surface area contributed by atoms with E-state index in [0.717, 1.165) is 12.1 Å². The zero-order valence-electron chi connectivity index (χ0n) is 12.8. The van der Waals surface area contributed by atoms with Crippen molar-refractivity contribution >= 4 is 10.0 Å². The summed E-state index contributed by atoms with van der Waals surface area (Å²) in [6, 6.07) is 3.54. The average molecular weight is 338 g/mol. The van der Waals surface area contributed by atoms with Crippen LogP contribution in [-0.2, 0) is 10.0 Å². The molecule has 0 saturated heterocycles. The molecule has 0 spiro atoms. The lowest BCUT2D eigenvalue weighted by Gasteiger charge is -2.46. The van der Waals surface area contributed by atoms with Gasteiger partial charge >= 0.3 is 0 Å². The number of primary sulfonamides is 1. The van der Waals surface area contributed by atoms with Gasteiger partial charge < -0.3 is 4.42 Å². The van der Waals surface area contributed by atoms with Gasteiger partial charge in [0.15, 0.2) is 11.7 Å². The first-order chi connectivity index (χ1) is 10.8. The van der Waals surface area contributed by atoms with Crippen LogP contribution >= 0.6 is 0 Å². The molecule has 1 heterocycles. The van der Waals surface area contributed by atoms with E-state index in [0.29, 0.717) is 17.2 Å². The van der Waals surface area contributed by atoms with Crippen LogP contribution in [0.2, 0.25) is 0 Å². The maximum atomic E-state index is 13.5. The number of sulfonamides is 1. The monoisotopic (exact) mass is 338 g/mol. The first-order valence-corrected chi connectivity index (χ1v) is 9.14. The van der Waals surface area contributed by atoms with Crippen molar-refractivity contribution in [1.29, 1.82) is 0 Å². The molecular formula is C16H19FN2O3S. The number of hydrogen-bond donors (Lipinski definition) is 1. The smallest absolute Gasteiger partial charge is 0.240 e. The number of benzene rings is 1. The Morgan fingerprint density at radius 2 is 1.83 bits per heavy atom. The number of aryl methyl sites for hydroxylation is 1. The Morgan fingerprint density at radius 3 is 2.17 bits per heavy atom. The largest absolute Gasteiger partial charge is 0.441 e. The Balaban J connectivity index is 0.000000213. The number of nitrogens with two attached hydrogens (primary N) is 1. The second-order valence-electron chi connectivity index (χ2n) is 6.11. The van der Waals surface area contributed by atoms with Gasteiger partial charge in [-0.3, -0.25) is 0 Å². The quantitative estimate of drug-likeness (QED) is 0.910. The van der Waals surface area contributed by atoms with Gasteiger partial charge in [-0.2, -0.15) is 0 Å². The predicted octanol–water partition coefficient (Wildman–Crippen LogP) is 3.24. The Morgan fingerprint density at radius 1 is 1.22 bits per heavy atom. The minimum atomic E-state index is -4.05. The molecule has 0 unspecified atom stereocenters. The lowest BCUT2D eigenvalue weighted by atomic mass is 9.60. The minimum Gasteiger partial charge on any atom is -0.441 e. The van der Waals surface area contributed by atoms with E-state index < -0.39 is 20.7 Å². The van der Waals surface area contributed by atoms with E-state index in [1.165, 1.54) is 24.1 Å². The summed E-state index contributed by atoms with van der Waals surface area (Å²) in [5.41, 5.74) is 0.399. The van der Waals surface area contributed by atoms with E-state index in [2.05, 4.69) is 4.98 Å². The number of hydrogen-bond acceptors (Lipinski definition) is 4. The number of rotatable bonds is 2. The Labute approximate surface area is 134 Å². The van der Waals surface area contributed by atoms with Gasteiger partial charge in [0.1, 0.15) is 10.7 Å². The fraction of sp³-hybridized carbons (Fsp3) is 0.438. The van der Waals surface area contributed by atoms with Gasteiger partial charge in [-0.1, -0.05) is 0 Å². The van der Waals surface area contributed by atoms with Crippen LogP contribution in [0.3, 0.4) is 0 Å². The molecule has 0 aliphatic heterocycles. The van der Waals surface area contributed by atoms with Gasteiger partial charge in [0.2, 0.25) is 10.0 Å². The molecule has 0 radical (unpaired) electrons. The van der Waals surface area contributed by atoms with Crippen molar-refractivity contribution in [3.8, 4) is 11.3 Å². The molecule has 7 heteroatoms. The van der Waals surface area contributed by atoms with E-state index in [-0.39, 0.29) is 0 Å². The minimum absolute atomic E-state index is 0.363. The topological polar surface area (TPSA) is 86.2 Å². The van der Waals surface area contributed by atoms with Crippen LogP contribution in [0.4, 0.5) is 4.39 Å². The van der Waals surface area contributed by atoms with Crippen molar-refractivity contribution in [2.24, 2.45) is 17.0 Å². The summed E-state index contributed by atoms with van der Waals surface area (Å²) in [5.74, 6) is 2.31. The first-order valence-electron chi connectivity index (χ1n) is 7.60. The molecule has 4 rings (SSSR count). The maximum absolute atomic E-state index is 13.5. The number of fused-ring (bicyclic) bond motifs is 1. The van der Waals surface area contributed by atoms with Crippen LogP contribution in [0.5, 0.6) is 0 Å². The summed E-state index contributed by atoms with van der Waals surface area (Å²) < 4.78 is 40.7. The van der Waals surface area contributed by atoms with E-state index >= 15 is 0 Å². The predicted molar refractivity (Wildman–Crippen MR) is 83.5 cm³/mol. The first kappa shape index (κ1) is 16.1. The summed E-state index contributed by atoms with van der Waals surface area (Å²) in [5, 5.41) is 4.85. The maximum Gasteiger partial charge on any atom is 0.240 e. The lowest BCUT2D eigenvalue weighted by Crippen LogP contribution is -2.34. The van der Waals surface area contributed by atoms with Crippen LogP contribution in [-0.4, -0.2) is 13.4 Å². The van der Waals surface area contributed by atoms with Crippen molar-refractivity contribution in [2.45, 2.75) is 37.5 Å². The highest BCUT2D eigenvalue weighted by atomic mass is 32.2. The number of nitrogens with zero attached hydrogens (tertiary/aromatic N) is 1. The van der Waals surface area contributed by atoms with Crippen LogP contribution in [0.15, 0.2) is 33.7 Å². The fourth-order valence-electron chi connectivity index (χ4n) is 2.94. The summed E-state index contributed by atoms with van der Waals surface area (Å²) in [4.78, 5) is 3.32. The van der Waals surface area contributed by atoms with Crippen molar-refractivity contribution in [2.75, 3.05) is 0 Å². The summed E-state index contributed by atoms with van der Waals surface area (Å²) in [6.07, 6.45) is 7.67. The Hall–Kier alpha value is -1.73. The van der Waals surface area contributed by atoms with Crippen LogP contribution in [0.1, 0.15) is 31.6 Å². The van der Waals surface area contributed by atoms with Crippen molar-refractivity contribution in [1.82, 2.24) is 4.98 Å². The molecule has 0 amide bonds. The summed E-state index contributed by atoms with van der Waals surface area (Å²) in [6.45, 7) is 1.65. The molecule has 23 heavy (non-hydrogen) atoms. The number of aromatic nitrogens is 1. The Bertz CT molecular complexity index is 798. The second kappa shape index (κ2) is 6.05. The van der Waals surface area contributed by atoms with Gasteiger partial charge in [-0.25, -0.2) is 22.9 Å². The van der Waals surface area contributed by atoms with Gasteiger partial charge in [0.05, 0.1) is 6.20 Å². The normalized spacial score (nSPS) is 22.2. The molecule has 2 fully saturated rings. The third-order valence-corrected chi connectivity index (χ3v) is 5.57. The SMILES string of the molecule is C1CC2CCC12.Cc1ncc(-c2ccc(S(N)(=O)=O)c(F)c2)o1. The average Bonchev–Trinajstić information content (AvgIpc) is 2.88. The molecule has 2 saturated carbocycles. The van der Waals surface area contributed by atoms with Gasteiger partial charge in [0.25, 0.3) is 0 Å². The number of halogens is 1. The third-order valence-electron chi connectivity index (χ3n) is 4.63. The molecule has 2 aliphatic rings. The molecule has 2 aromatic rings. The summed E-state index contributed by atoms with van der Waals surface area (Å²) in [7, 11) is -4.05. The molecule has 1 aromatic heterocycles. The molecule has 0 atom stereocenters. The molecule has 0 bridgehead atoms. The van der Waals surface area contributed by atoms with Crippen molar-refractivity contribution in [3.63, 3.8) is 0 Å². The fourth-order valence-corrected chi connectivity index (χ4v) is 3.53. The standard InChI is InChI=1S/C10H9FN2O3S.C6H10/c1-6-13-5-9(16-6)7-2-3-10(8(11)4-7)17(12,14)15;1-2-6-4-3-5(1)6/h2-5H,1H3,(H2,12,14,15);5-6H,1-4H2. The van der Waals surface area contributed by atoms with Crippen LogP contribution in [0.25, 0.3) is 11.3 Å². The van der Waals surface area contributed by atoms with E-state index in [4.69, 9.17) is 9.56 Å². The second-order valence-corrected chi connectivity index (χ2v) is 7.64. The van der Waals surface area contributed by atoms with Crippen molar-refractivity contribution in [3.05, 3.63) is 36.1 Å². The van der Waals surface area contributed by atoms with Crippen molar-refractivity contribution < 1.29 is 17.2 Å². The third kappa shape index (κ3) is 3.45. The highest BCUT2D eigenvalue weighted by Gasteiger charge is 2.37. The lowest BCUT2D eigenvalue weighted by molar-refractivity contribution is 0.0548. The molecule has 2 N–H and O–H groups in total. The van der Waals surface area contributed by atoms with E-state index in [1.54, 1.807) is 32.6 Å². The van der Waals surface area contributed by atoms with Gasteiger partial charge in [-0.15, -0.1) is 0 Å². The van der Waals surface area contributed by atoms with Gasteiger partial charge in [0, 0.05) is 12.5 Å². The van der Waals surface area contributed by atoms with E-state index in [1.807, 2.05) is 0 Å². The summed E-state index contributed by atoms with van der Waals surface area (Å²) >= 11 is 0. The van der Waals surface area contributed by atoms with Crippen LogP contribution in [0, 0.1) is 24.6 Å². The highest BCUT2D eigenvalue weighted by Crippen LogP contribution is 2.49. The molecule has 124 valence electrons. The molecule has 5 nitrogen and oxygen atoms in total. The molecule has 2 aliphatic carbocycles. The number of oxazole rings is 1. The highest BCUT2D eigenvalue weighted by molar-refractivity contribution is 7.89. The van der Waals surface area contributed by atoms with E-state index in [9.17, 15) is 12.8 Å². The van der Waals surface area contributed by atoms with Crippen LogP contribution < -0.4 is 5.14 Å². The molecular weight excluding hydrogens is 319 g/mol. The zero-order chi connectivity index (χ0) is 16.6. The Kier molecular flexibility index (Phi) is 4.25.